The molecule has 0 saturated heterocycles. The summed E-state index contributed by atoms with van der Waals surface area (Å²) in [6, 6.07) is 23.1. The van der Waals surface area contributed by atoms with Gasteiger partial charge in [0.15, 0.2) is 0 Å². The van der Waals surface area contributed by atoms with Crippen LogP contribution in [0.25, 0.3) is 0 Å². The number of carbonyl (C=O) groups is 2. The minimum absolute atomic E-state index is 0.0535. The highest BCUT2D eigenvalue weighted by Crippen LogP contribution is 2.29. The molecule has 3 rings (SSSR count). The summed E-state index contributed by atoms with van der Waals surface area (Å²) in [6.07, 6.45) is 0.210. The molecule has 0 bridgehead atoms. The zero-order valence-electron chi connectivity index (χ0n) is 16.5. The molecular formula is C23H20N2O5S. The Morgan fingerprint density at radius 1 is 0.871 bits per heavy atom. The lowest BCUT2D eigenvalue weighted by Gasteiger charge is -2.08. The normalized spacial score (nSPS) is 10.3. The van der Waals surface area contributed by atoms with Crippen LogP contribution in [0.2, 0.25) is 0 Å². The molecular weight excluding hydrogens is 416 g/mol. The van der Waals surface area contributed by atoms with E-state index in [0.717, 1.165) is 20.9 Å². The number of hydrogen-bond acceptors (Lipinski definition) is 6. The maximum absolute atomic E-state index is 11.9. The molecule has 0 radical (unpaired) electrons. The number of carbonyl (C=O) groups excluding carboxylic acids is 2. The van der Waals surface area contributed by atoms with Crippen LogP contribution in [0.1, 0.15) is 11.1 Å². The molecule has 0 spiro atoms. The van der Waals surface area contributed by atoms with Gasteiger partial charge >= 0.3 is 5.97 Å². The van der Waals surface area contributed by atoms with Gasteiger partial charge in [-0.25, -0.2) is 0 Å². The Morgan fingerprint density at radius 2 is 1.48 bits per heavy atom. The topological polar surface area (TPSA) is 98.5 Å². The highest BCUT2D eigenvalue weighted by molar-refractivity contribution is 7.99. The molecule has 0 fully saturated rings. The standard InChI is InChI=1S/C23H20N2O5S/c26-22(14-17-4-2-1-3-5-17)24-15-23(27)30-16-18-6-10-20(11-7-18)31-21-12-8-19(9-13-21)25(28)29/h1-13H,14-16H2,(H,24,26). The van der Waals surface area contributed by atoms with E-state index in [-0.39, 0.29) is 31.2 Å². The number of nitro groups is 1. The molecule has 0 saturated carbocycles. The average molecular weight is 436 g/mol. The number of hydrogen-bond donors (Lipinski definition) is 1. The smallest absolute Gasteiger partial charge is 0.325 e. The van der Waals surface area contributed by atoms with E-state index in [0.29, 0.717) is 0 Å². The van der Waals surface area contributed by atoms with E-state index in [1.165, 1.54) is 23.9 Å². The largest absolute Gasteiger partial charge is 0.460 e. The van der Waals surface area contributed by atoms with Gasteiger partial charge in [0.05, 0.1) is 11.3 Å². The maximum Gasteiger partial charge on any atom is 0.325 e. The third-order valence-electron chi connectivity index (χ3n) is 4.24. The molecule has 1 N–H and O–H groups in total. The van der Waals surface area contributed by atoms with Crippen molar-refractivity contribution in [2.24, 2.45) is 0 Å². The number of benzene rings is 3. The van der Waals surface area contributed by atoms with E-state index < -0.39 is 10.9 Å². The second kappa shape index (κ2) is 10.9. The van der Waals surface area contributed by atoms with Gasteiger partial charge in [-0.1, -0.05) is 54.2 Å². The predicted molar refractivity (Wildman–Crippen MR) is 117 cm³/mol. The minimum Gasteiger partial charge on any atom is -0.460 e. The molecule has 0 heterocycles. The van der Waals surface area contributed by atoms with Crippen LogP contribution in [0.3, 0.4) is 0 Å². The van der Waals surface area contributed by atoms with Crippen molar-refractivity contribution in [2.45, 2.75) is 22.8 Å². The van der Waals surface area contributed by atoms with Crippen LogP contribution in [-0.2, 0) is 27.4 Å². The van der Waals surface area contributed by atoms with Gasteiger partial charge in [0.1, 0.15) is 13.2 Å². The van der Waals surface area contributed by atoms with Gasteiger partial charge in [-0.3, -0.25) is 19.7 Å². The lowest BCUT2D eigenvalue weighted by molar-refractivity contribution is -0.384. The van der Waals surface area contributed by atoms with E-state index in [9.17, 15) is 19.7 Å². The molecule has 8 heteroatoms. The van der Waals surface area contributed by atoms with Crippen molar-refractivity contribution in [1.82, 2.24) is 5.32 Å². The molecule has 0 atom stereocenters. The van der Waals surface area contributed by atoms with Gasteiger partial charge in [0.2, 0.25) is 5.91 Å². The summed E-state index contributed by atoms with van der Waals surface area (Å²) >= 11 is 1.48. The molecule has 7 nitrogen and oxygen atoms in total. The number of amides is 1. The van der Waals surface area contributed by atoms with Crippen LogP contribution in [0.4, 0.5) is 5.69 Å². The van der Waals surface area contributed by atoms with Crippen molar-refractivity contribution in [3.8, 4) is 0 Å². The lowest BCUT2D eigenvalue weighted by atomic mass is 10.1. The van der Waals surface area contributed by atoms with Crippen LogP contribution in [0.15, 0.2) is 88.7 Å². The first kappa shape index (κ1) is 22.0. The van der Waals surface area contributed by atoms with E-state index in [4.69, 9.17) is 4.74 Å². The zero-order valence-corrected chi connectivity index (χ0v) is 17.3. The number of non-ortho nitro benzene ring substituents is 1. The van der Waals surface area contributed by atoms with Crippen molar-refractivity contribution >= 4 is 29.3 Å². The fraction of sp³-hybridized carbons (Fsp3) is 0.130. The predicted octanol–water partition coefficient (Wildman–Crippen LogP) is 4.15. The molecule has 158 valence electrons. The second-order valence-corrected chi connectivity index (χ2v) is 7.74. The van der Waals surface area contributed by atoms with E-state index in [1.807, 2.05) is 54.6 Å². The number of esters is 1. The Bertz CT molecular complexity index is 1040. The quantitative estimate of drug-likeness (QED) is 0.307. The number of rotatable bonds is 9. The lowest BCUT2D eigenvalue weighted by Crippen LogP contribution is -2.31. The first-order valence-corrected chi connectivity index (χ1v) is 10.3. The summed E-state index contributed by atoms with van der Waals surface area (Å²) in [5.41, 5.74) is 1.75. The Labute approximate surface area is 183 Å². The van der Waals surface area contributed by atoms with Crippen LogP contribution < -0.4 is 5.32 Å². The highest BCUT2D eigenvalue weighted by atomic mass is 32.2. The fourth-order valence-electron chi connectivity index (χ4n) is 2.66. The summed E-state index contributed by atoms with van der Waals surface area (Å²) < 4.78 is 5.20. The Morgan fingerprint density at radius 3 is 2.10 bits per heavy atom. The van der Waals surface area contributed by atoms with Gasteiger partial charge in [-0.15, -0.1) is 0 Å². The van der Waals surface area contributed by atoms with Crippen molar-refractivity contribution in [3.05, 3.63) is 100 Å². The SMILES string of the molecule is O=C(Cc1ccccc1)NCC(=O)OCc1ccc(Sc2ccc([N+](=O)[O-])cc2)cc1. The molecule has 0 aliphatic rings. The number of nitrogens with zero attached hydrogens (tertiary/aromatic N) is 1. The average Bonchev–Trinajstić information content (AvgIpc) is 2.78. The third kappa shape index (κ3) is 7.27. The molecule has 1 amide bonds. The van der Waals surface area contributed by atoms with Crippen LogP contribution in [-0.4, -0.2) is 23.3 Å². The van der Waals surface area contributed by atoms with Crippen LogP contribution >= 0.6 is 11.8 Å². The molecule has 3 aromatic rings. The first-order valence-electron chi connectivity index (χ1n) is 9.47. The van der Waals surface area contributed by atoms with E-state index >= 15 is 0 Å². The van der Waals surface area contributed by atoms with Gasteiger partial charge < -0.3 is 10.1 Å². The minimum atomic E-state index is -0.509. The molecule has 0 aliphatic carbocycles. The highest BCUT2D eigenvalue weighted by Gasteiger charge is 2.08. The summed E-state index contributed by atoms with van der Waals surface area (Å²) in [5, 5.41) is 13.3. The van der Waals surface area contributed by atoms with Crippen molar-refractivity contribution < 1.29 is 19.2 Å². The van der Waals surface area contributed by atoms with Crippen molar-refractivity contribution in [1.29, 1.82) is 0 Å². The molecule has 0 aromatic heterocycles. The molecule has 3 aromatic carbocycles. The Hall–Kier alpha value is -3.65. The van der Waals surface area contributed by atoms with Gasteiger partial charge in [0, 0.05) is 21.9 Å². The zero-order chi connectivity index (χ0) is 22.1. The van der Waals surface area contributed by atoms with E-state index in [2.05, 4.69) is 5.32 Å². The third-order valence-corrected chi connectivity index (χ3v) is 5.26. The number of nitro benzene ring substituents is 1. The van der Waals surface area contributed by atoms with Crippen molar-refractivity contribution in [3.63, 3.8) is 0 Å². The van der Waals surface area contributed by atoms with Gasteiger partial charge in [0.25, 0.3) is 5.69 Å². The molecule has 0 aliphatic heterocycles. The van der Waals surface area contributed by atoms with Crippen LogP contribution in [0.5, 0.6) is 0 Å². The van der Waals surface area contributed by atoms with Crippen molar-refractivity contribution in [2.75, 3.05) is 6.54 Å². The Balaban J connectivity index is 1.40. The summed E-state index contributed by atoms with van der Waals surface area (Å²) in [6.45, 7) is -0.0738. The molecule has 31 heavy (non-hydrogen) atoms. The maximum atomic E-state index is 11.9. The Kier molecular flexibility index (Phi) is 7.78. The summed E-state index contributed by atoms with van der Waals surface area (Å²) in [5.74, 6) is -0.749. The fourth-order valence-corrected chi connectivity index (χ4v) is 3.47. The number of ether oxygens (including phenoxy) is 1. The first-order chi connectivity index (χ1) is 15.0. The van der Waals surface area contributed by atoms with E-state index in [1.54, 1.807) is 12.1 Å². The van der Waals surface area contributed by atoms with Gasteiger partial charge in [-0.05, 0) is 35.4 Å². The summed E-state index contributed by atoms with van der Waals surface area (Å²) in [4.78, 5) is 35.9. The number of nitrogens with one attached hydrogen (secondary N) is 1. The second-order valence-electron chi connectivity index (χ2n) is 6.60. The monoisotopic (exact) mass is 436 g/mol. The van der Waals surface area contributed by atoms with Crippen LogP contribution in [0, 0.1) is 10.1 Å². The molecule has 0 unspecified atom stereocenters. The van der Waals surface area contributed by atoms with Gasteiger partial charge in [-0.2, -0.15) is 0 Å². The summed E-state index contributed by atoms with van der Waals surface area (Å²) in [7, 11) is 0.